The Kier molecular flexibility index (Phi) is 9.51. The van der Waals surface area contributed by atoms with Crippen molar-refractivity contribution in [2.45, 2.75) is 62.3 Å². The summed E-state index contributed by atoms with van der Waals surface area (Å²) in [6.45, 7) is 17.2. The number of aromatic nitrogens is 3. The molecule has 0 atom stereocenters. The van der Waals surface area contributed by atoms with E-state index in [1.165, 1.54) is 22.2 Å². The molecule has 5 nitrogen and oxygen atoms in total. The molecule has 0 bridgehead atoms. The zero-order valence-corrected chi connectivity index (χ0v) is 25.5. The van der Waals surface area contributed by atoms with Gasteiger partial charge in [0, 0.05) is 60.0 Å². The Labute approximate surface area is 233 Å². The van der Waals surface area contributed by atoms with Crippen LogP contribution in [0.5, 0.6) is 0 Å². The Morgan fingerprint density at radius 3 is 2.08 bits per heavy atom. The third-order valence-electron chi connectivity index (χ3n) is 5.91. The predicted molar refractivity (Wildman–Crippen MR) is 148 cm³/mol. The molecule has 0 saturated carbocycles. The van der Waals surface area contributed by atoms with E-state index in [9.17, 15) is 9.90 Å². The minimum atomic E-state index is -0.417. The molecule has 0 spiro atoms. The van der Waals surface area contributed by atoms with E-state index < -0.39 is 5.41 Å². The average Bonchev–Trinajstić information content (AvgIpc) is 2.77. The maximum atomic E-state index is 11.5. The van der Waals surface area contributed by atoms with Gasteiger partial charge in [-0.3, -0.25) is 14.8 Å². The molecule has 37 heavy (non-hydrogen) atoms. The van der Waals surface area contributed by atoms with Crippen molar-refractivity contribution in [3.05, 3.63) is 77.6 Å². The first-order valence-corrected chi connectivity index (χ1v) is 12.2. The van der Waals surface area contributed by atoms with E-state index in [0.717, 1.165) is 33.9 Å². The van der Waals surface area contributed by atoms with Gasteiger partial charge in [-0.15, -0.1) is 6.07 Å². The van der Waals surface area contributed by atoms with Gasteiger partial charge in [-0.05, 0) is 66.1 Å². The van der Waals surface area contributed by atoms with Gasteiger partial charge >= 0.3 is 0 Å². The van der Waals surface area contributed by atoms with Crippen LogP contribution in [0.15, 0.2) is 54.4 Å². The first kappa shape index (κ1) is 30.3. The van der Waals surface area contributed by atoms with E-state index in [2.05, 4.69) is 52.2 Å². The van der Waals surface area contributed by atoms with Crippen molar-refractivity contribution >= 4 is 27.3 Å². The number of hydrogen-bond donors (Lipinski definition) is 1. The van der Waals surface area contributed by atoms with E-state index in [4.69, 9.17) is 0 Å². The minimum Gasteiger partial charge on any atom is -0.512 e. The van der Waals surface area contributed by atoms with Crippen LogP contribution in [0, 0.1) is 37.7 Å². The molecule has 1 aromatic carbocycles. The van der Waals surface area contributed by atoms with Crippen LogP contribution in [-0.2, 0) is 24.9 Å². The summed E-state index contributed by atoms with van der Waals surface area (Å²) in [6, 6.07) is 15.5. The van der Waals surface area contributed by atoms with Gasteiger partial charge < -0.3 is 10.1 Å². The van der Waals surface area contributed by atoms with E-state index in [-0.39, 0.29) is 37.1 Å². The van der Waals surface area contributed by atoms with Crippen molar-refractivity contribution in [2.24, 2.45) is 10.8 Å². The molecule has 3 heterocycles. The topological polar surface area (TPSA) is 76.0 Å². The molecule has 6 heteroatoms. The molecule has 0 aliphatic heterocycles. The summed E-state index contributed by atoms with van der Waals surface area (Å²) in [4.78, 5) is 25.2. The summed E-state index contributed by atoms with van der Waals surface area (Å²) >= 11 is 0. The largest absolute Gasteiger partial charge is 0.512 e. The molecule has 0 aliphatic carbocycles. The number of fused-ring (bicyclic) bond motifs is 3. The molecule has 3 aromatic heterocycles. The summed E-state index contributed by atoms with van der Waals surface area (Å²) in [7, 11) is 0. The summed E-state index contributed by atoms with van der Waals surface area (Å²) in [5.41, 5.74) is 3.95. The van der Waals surface area contributed by atoms with Crippen LogP contribution in [0.25, 0.3) is 32.9 Å². The van der Waals surface area contributed by atoms with Gasteiger partial charge in [-0.25, -0.2) is 0 Å². The maximum absolute atomic E-state index is 11.5. The molecular weight excluding hydrogens is 639 g/mol. The molecule has 0 amide bonds. The number of pyridine rings is 3. The second-order valence-electron chi connectivity index (χ2n) is 11.2. The van der Waals surface area contributed by atoms with Crippen molar-refractivity contribution in [2.75, 3.05) is 0 Å². The predicted octanol–water partition coefficient (Wildman–Crippen LogP) is 7.66. The van der Waals surface area contributed by atoms with Crippen LogP contribution < -0.4 is 0 Å². The number of nitrogens with zero attached hydrogens (tertiary/aromatic N) is 3. The van der Waals surface area contributed by atoms with Gasteiger partial charge in [-0.1, -0.05) is 53.7 Å². The summed E-state index contributed by atoms with van der Waals surface area (Å²) in [6.07, 6.45) is 3.18. The fourth-order valence-corrected chi connectivity index (χ4v) is 3.67. The Morgan fingerprint density at radius 2 is 1.49 bits per heavy atom. The minimum absolute atomic E-state index is 0. The fourth-order valence-electron chi connectivity index (χ4n) is 3.67. The van der Waals surface area contributed by atoms with Gasteiger partial charge in [0.2, 0.25) is 0 Å². The number of carbonyl (C=O) groups excluding carboxylic acids is 1. The summed E-state index contributed by atoms with van der Waals surface area (Å²) in [5.74, 6) is 0.104. The molecule has 4 aromatic rings. The van der Waals surface area contributed by atoms with Crippen LogP contribution in [-0.4, -0.2) is 25.8 Å². The maximum Gasteiger partial charge on any atom is 0.164 e. The number of benzene rings is 1. The Morgan fingerprint density at radius 1 is 0.838 bits per heavy atom. The van der Waals surface area contributed by atoms with Crippen molar-refractivity contribution in [3.63, 3.8) is 0 Å². The van der Waals surface area contributed by atoms with Crippen molar-refractivity contribution < 1.29 is 30.0 Å². The standard InChI is InChI=1S/C20H16N3.C11H20O2.Ir/c1-12-5-4-6-19(23-12)20-17-8-7-15-14(3)22-13(2)11-18(15)16(17)9-10-21-20;1-10(2,3)8(12)7-9(13)11(4,5)6;/h4-5,7-11H,1-3H3;7,12H,1-6H3;/q-1;;/b;8-7-;. The average molecular weight is 675 g/mol. The van der Waals surface area contributed by atoms with Gasteiger partial charge in [-0.2, -0.15) is 12.1 Å². The molecular formula is C31H36IrN3O2-. The molecule has 1 radical (unpaired) electrons. The number of hydrogen-bond acceptors (Lipinski definition) is 5. The fraction of sp³-hybridized carbons (Fsp3) is 0.355. The number of allylic oxidation sites excluding steroid dienone is 2. The van der Waals surface area contributed by atoms with Crippen LogP contribution in [0.3, 0.4) is 0 Å². The van der Waals surface area contributed by atoms with Gasteiger partial charge in [0.25, 0.3) is 0 Å². The Balaban J connectivity index is 0.000000299. The second kappa shape index (κ2) is 11.6. The molecule has 0 unspecified atom stereocenters. The molecule has 0 aliphatic rings. The number of ketones is 1. The molecule has 4 rings (SSSR count). The van der Waals surface area contributed by atoms with Crippen LogP contribution >= 0.6 is 0 Å². The summed E-state index contributed by atoms with van der Waals surface area (Å²) in [5, 5.41) is 14.2. The Bertz CT molecular complexity index is 1460. The van der Waals surface area contributed by atoms with Crippen molar-refractivity contribution in [1.29, 1.82) is 0 Å². The molecule has 0 saturated heterocycles. The van der Waals surface area contributed by atoms with E-state index in [0.29, 0.717) is 0 Å². The van der Waals surface area contributed by atoms with Gasteiger partial charge in [0.1, 0.15) is 5.76 Å². The smallest absolute Gasteiger partial charge is 0.164 e. The number of aliphatic hydroxyl groups is 1. The molecule has 197 valence electrons. The number of aryl methyl sites for hydroxylation is 3. The zero-order chi connectivity index (χ0) is 26.8. The summed E-state index contributed by atoms with van der Waals surface area (Å²) < 4.78 is 0. The van der Waals surface area contributed by atoms with E-state index >= 15 is 0 Å². The van der Waals surface area contributed by atoms with Crippen molar-refractivity contribution in [3.8, 4) is 11.4 Å². The van der Waals surface area contributed by atoms with E-state index in [1.807, 2.05) is 73.7 Å². The molecule has 1 N–H and O–H groups in total. The first-order chi connectivity index (χ1) is 16.7. The second-order valence-corrected chi connectivity index (χ2v) is 11.2. The van der Waals surface area contributed by atoms with Gasteiger partial charge in [0.15, 0.2) is 5.78 Å². The number of carbonyl (C=O) groups is 1. The normalized spacial score (nSPS) is 12.1. The third kappa shape index (κ3) is 7.30. The SMILES string of the molecule is CC(C)(C)C(=O)/C=C(\O)C(C)(C)C.Cc1cc[c-]c(-c2nccc3c2ccc2c(C)nc(C)cc23)n1.[Ir]. The van der Waals surface area contributed by atoms with E-state index in [1.54, 1.807) is 0 Å². The van der Waals surface area contributed by atoms with Crippen LogP contribution in [0.2, 0.25) is 0 Å². The first-order valence-electron chi connectivity index (χ1n) is 12.2. The zero-order valence-electron chi connectivity index (χ0n) is 23.1. The van der Waals surface area contributed by atoms with Crippen LogP contribution in [0.4, 0.5) is 0 Å². The third-order valence-corrected chi connectivity index (χ3v) is 5.91. The number of aliphatic hydroxyl groups excluding tert-OH is 1. The van der Waals surface area contributed by atoms with Gasteiger partial charge in [0.05, 0.1) is 0 Å². The molecule has 0 fully saturated rings. The van der Waals surface area contributed by atoms with Crippen molar-refractivity contribution in [1.82, 2.24) is 15.0 Å². The number of rotatable bonds is 2. The quantitative estimate of drug-likeness (QED) is 0.102. The Hall–Kier alpha value is -2.95. The van der Waals surface area contributed by atoms with Crippen LogP contribution in [0.1, 0.15) is 58.6 Å². The monoisotopic (exact) mass is 675 g/mol.